The molecule has 2 nitrogen and oxygen atoms in total. The number of rotatable bonds is 7. The smallest absolute Gasteiger partial charge is 0.372 e. The summed E-state index contributed by atoms with van der Waals surface area (Å²) in [6.45, 7) is 1.31. The standard InChI is InChI=1S/C13H16Cl2F3NO/c1-2-19-12(5-6-20-8-13(16,17)18)10-7-9(14)3-4-11(10)15/h3-4,7,12,19H,2,5-6,8H2,1H3. The average Bonchev–Trinajstić information content (AvgIpc) is 2.35. The Balaban J connectivity index is 2.62. The van der Waals surface area contributed by atoms with Crippen molar-refractivity contribution in [3.8, 4) is 0 Å². The molecule has 0 fully saturated rings. The van der Waals surface area contributed by atoms with Gasteiger partial charge in [0, 0.05) is 22.7 Å². The van der Waals surface area contributed by atoms with Gasteiger partial charge in [0.1, 0.15) is 6.61 Å². The summed E-state index contributed by atoms with van der Waals surface area (Å²) in [7, 11) is 0. The fourth-order valence-electron chi connectivity index (χ4n) is 1.78. The average molecular weight is 330 g/mol. The van der Waals surface area contributed by atoms with Crippen LogP contribution in [0.15, 0.2) is 18.2 Å². The summed E-state index contributed by atoms with van der Waals surface area (Å²) in [6, 6.07) is 4.84. The molecule has 0 saturated heterocycles. The zero-order valence-electron chi connectivity index (χ0n) is 10.9. The van der Waals surface area contributed by atoms with Crippen molar-refractivity contribution in [2.75, 3.05) is 19.8 Å². The summed E-state index contributed by atoms with van der Waals surface area (Å²) in [5.41, 5.74) is 0.761. The predicted molar refractivity (Wildman–Crippen MR) is 74.4 cm³/mol. The Kier molecular flexibility index (Phi) is 7.09. The first-order valence-corrected chi connectivity index (χ1v) is 6.92. The minimum atomic E-state index is -4.30. The van der Waals surface area contributed by atoms with E-state index in [0.717, 1.165) is 5.56 Å². The van der Waals surface area contributed by atoms with Crippen molar-refractivity contribution in [1.82, 2.24) is 5.32 Å². The third-order valence-corrected chi connectivity index (χ3v) is 3.18. The first-order chi connectivity index (χ1) is 9.33. The number of ether oxygens (including phenoxy) is 1. The number of hydrogen-bond donors (Lipinski definition) is 1. The summed E-state index contributed by atoms with van der Waals surface area (Å²) >= 11 is 12.0. The second-order valence-corrected chi connectivity index (χ2v) is 5.08. The molecule has 0 radical (unpaired) electrons. The Bertz CT molecular complexity index is 427. The van der Waals surface area contributed by atoms with Crippen molar-refractivity contribution in [1.29, 1.82) is 0 Å². The largest absolute Gasteiger partial charge is 0.411 e. The Hall–Kier alpha value is -0.490. The fraction of sp³-hybridized carbons (Fsp3) is 0.538. The van der Waals surface area contributed by atoms with E-state index < -0.39 is 12.8 Å². The van der Waals surface area contributed by atoms with E-state index in [-0.39, 0.29) is 12.6 Å². The van der Waals surface area contributed by atoms with Crippen molar-refractivity contribution in [3.05, 3.63) is 33.8 Å². The van der Waals surface area contributed by atoms with Crippen LogP contribution in [0.5, 0.6) is 0 Å². The molecule has 0 aliphatic rings. The highest BCUT2D eigenvalue weighted by Gasteiger charge is 2.27. The highest BCUT2D eigenvalue weighted by atomic mass is 35.5. The summed E-state index contributed by atoms with van der Waals surface area (Å²) in [5, 5.41) is 4.22. The molecule has 0 aliphatic heterocycles. The number of halogens is 5. The molecule has 0 bridgehead atoms. The molecule has 0 amide bonds. The van der Waals surface area contributed by atoms with Gasteiger partial charge in [0.15, 0.2) is 0 Å². The van der Waals surface area contributed by atoms with Gasteiger partial charge in [-0.1, -0.05) is 30.1 Å². The lowest BCUT2D eigenvalue weighted by Gasteiger charge is -2.20. The third-order valence-electron chi connectivity index (χ3n) is 2.60. The molecule has 7 heteroatoms. The lowest BCUT2D eigenvalue weighted by atomic mass is 10.0. The molecule has 114 valence electrons. The van der Waals surface area contributed by atoms with Crippen molar-refractivity contribution in [2.45, 2.75) is 25.6 Å². The number of hydrogen-bond acceptors (Lipinski definition) is 2. The lowest BCUT2D eigenvalue weighted by molar-refractivity contribution is -0.174. The van der Waals surface area contributed by atoms with Crippen LogP contribution in [0.25, 0.3) is 0 Å². The van der Waals surface area contributed by atoms with Crippen molar-refractivity contribution in [2.24, 2.45) is 0 Å². The molecule has 1 rings (SSSR count). The van der Waals surface area contributed by atoms with E-state index in [1.165, 1.54) is 0 Å². The topological polar surface area (TPSA) is 21.3 Å². The lowest BCUT2D eigenvalue weighted by Crippen LogP contribution is -2.24. The Morgan fingerprint density at radius 1 is 1.30 bits per heavy atom. The van der Waals surface area contributed by atoms with Gasteiger partial charge < -0.3 is 10.1 Å². The second kappa shape index (κ2) is 8.08. The first kappa shape index (κ1) is 17.6. The third kappa shape index (κ3) is 6.31. The van der Waals surface area contributed by atoms with Gasteiger partial charge in [0.25, 0.3) is 0 Å². The molecule has 1 aromatic carbocycles. The summed E-state index contributed by atoms with van der Waals surface area (Å²) < 4.78 is 40.6. The molecule has 0 spiro atoms. The molecule has 20 heavy (non-hydrogen) atoms. The van der Waals surface area contributed by atoms with Crippen LogP contribution in [0.2, 0.25) is 10.0 Å². The number of benzene rings is 1. The molecule has 1 N–H and O–H groups in total. The van der Waals surface area contributed by atoms with Crippen molar-refractivity contribution < 1.29 is 17.9 Å². The molecule has 0 aromatic heterocycles. The van der Waals surface area contributed by atoms with Gasteiger partial charge in [-0.05, 0) is 36.7 Å². The molecular weight excluding hydrogens is 314 g/mol. The minimum Gasteiger partial charge on any atom is -0.372 e. The molecule has 0 heterocycles. The maximum atomic E-state index is 12.0. The van der Waals surface area contributed by atoms with Gasteiger partial charge in [-0.3, -0.25) is 0 Å². The Morgan fingerprint density at radius 2 is 2.00 bits per heavy atom. The van der Waals surface area contributed by atoms with Crippen molar-refractivity contribution >= 4 is 23.2 Å². The summed E-state index contributed by atoms with van der Waals surface area (Å²) in [5.74, 6) is 0. The zero-order chi connectivity index (χ0) is 15.2. The van der Waals surface area contributed by atoms with Gasteiger partial charge in [-0.25, -0.2) is 0 Å². The van der Waals surface area contributed by atoms with Gasteiger partial charge in [-0.2, -0.15) is 13.2 Å². The fourth-order valence-corrected chi connectivity index (χ4v) is 2.21. The molecule has 0 saturated carbocycles. The number of nitrogens with one attached hydrogen (secondary N) is 1. The highest BCUT2D eigenvalue weighted by molar-refractivity contribution is 6.33. The van der Waals surface area contributed by atoms with E-state index in [9.17, 15) is 13.2 Å². The van der Waals surface area contributed by atoms with Crippen LogP contribution >= 0.6 is 23.2 Å². The van der Waals surface area contributed by atoms with Crippen molar-refractivity contribution in [3.63, 3.8) is 0 Å². The van der Waals surface area contributed by atoms with E-state index in [4.69, 9.17) is 23.2 Å². The van der Waals surface area contributed by atoms with Crippen LogP contribution in [0.4, 0.5) is 13.2 Å². The molecule has 1 aromatic rings. The molecule has 1 atom stereocenters. The summed E-state index contributed by atoms with van der Waals surface area (Å²) in [6.07, 6.45) is -3.93. The SMILES string of the molecule is CCNC(CCOCC(F)(F)F)c1cc(Cl)ccc1Cl. The van der Waals surface area contributed by atoms with E-state index in [1.807, 2.05) is 6.92 Å². The maximum absolute atomic E-state index is 12.0. The minimum absolute atomic E-state index is 0.0139. The van der Waals surface area contributed by atoms with E-state index in [0.29, 0.717) is 23.0 Å². The Morgan fingerprint density at radius 3 is 2.60 bits per heavy atom. The predicted octanol–water partition coefficient (Wildman–Crippen LogP) is 4.61. The summed E-state index contributed by atoms with van der Waals surface area (Å²) in [4.78, 5) is 0. The van der Waals surface area contributed by atoms with Gasteiger partial charge in [-0.15, -0.1) is 0 Å². The van der Waals surface area contributed by atoms with E-state index in [1.54, 1.807) is 18.2 Å². The monoisotopic (exact) mass is 329 g/mol. The van der Waals surface area contributed by atoms with Gasteiger partial charge >= 0.3 is 6.18 Å². The van der Waals surface area contributed by atoms with Crippen LogP contribution in [-0.2, 0) is 4.74 Å². The van der Waals surface area contributed by atoms with Crippen LogP contribution in [0.1, 0.15) is 24.9 Å². The zero-order valence-corrected chi connectivity index (χ0v) is 12.4. The molecule has 0 aliphatic carbocycles. The Labute approximate surface area is 126 Å². The molecular formula is C13H16Cl2F3NO. The van der Waals surface area contributed by atoms with E-state index >= 15 is 0 Å². The van der Waals surface area contributed by atoms with Crippen LogP contribution in [0, 0.1) is 0 Å². The normalized spacial score (nSPS) is 13.5. The van der Waals surface area contributed by atoms with Gasteiger partial charge in [0.2, 0.25) is 0 Å². The first-order valence-electron chi connectivity index (χ1n) is 6.16. The van der Waals surface area contributed by atoms with Crippen LogP contribution in [0.3, 0.4) is 0 Å². The van der Waals surface area contributed by atoms with E-state index in [2.05, 4.69) is 10.1 Å². The van der Waals surface area contributed by atoms with Gasteiger partial charge in [0.05, 0.1) is 0 Å². The molecule has 1 unspecified atom stereocenters. The highest BCUT2D eigenvalue weighted by Crippen LogP contribution is 2.28. The quantitative estimate of drug-likeness (QED) is 0.737. The number of alkyl halides is 3. The maximum Gasteiger partial charge on any atom is 0.411 e. The van der Waals surface area contributed by atoms with Crippen LogP contribution < -0.4 is 5.32 Å². The second-order valence-electron chi connectivity index (χ2n) is 4.23. The van der Waals surface area contributed by atoms with Crippen LogP contribution in [-0.4, -0.2) is 25.9 Å².